The Morgan fingerprint density at radius 2 is 2.10 bits per heavy atom. The molecule has 0 aliphatic rings. The van der Waals surface area contributed by atoms with E-state index in [1.54, 1.807) is 14.2 Å². The minimum Gasteiger partial charge on any atom is -0.497 e. The minimum absolute atomic E-state index is 0.294. The molecule has 0 radical (unpaired) electrons. The van der Waals surface area contributed by atoms with Crippen LogP contribution in [0.15, 0.2) is 22.8 Å². The highest BCUT2D eigenvalue weighted by Crippen LogP contribution is 2.34. The first-order valence-corrected chi connectivity index (χ1v) is 6.72. The van der Waals surface area contributed by atoms with Gasteiger partial charge in [-0.05, 0) is 28.1 Å². The molecule has 2 aromatic rings. The normalized spacial score (nSPS) is 10.2. The number of nitriles is 1. The Morgan fingerprint density at radius 1 is 1.35 bits per heavy atom. The van der Waals surface area contributed by atoms with Gasteiger partial charge in [0.15, 0.2) is 0 Å². The molecule has 1 heterocycles. The fraction of sp³-hybridized carbons (Fsp3) is 0.286. The largest absolute Gasteiger partial charge is 0.497 e. The molecule has 6 heteroatoms. The number of hydrogen-bond donors (Lipinski definition) is 0. The van der Waals surface area contributed by atoms with E-state index in [1.165, 1.54) is 0 Å². The molecule has 104 valence electrons. The summed E-state index contributed by atoms with van der Waals surface area (Å²) < 4.78 is 13.1. The molecule has 1 aromatic heterocycles. The second kappa shape index (κ2) is 5.97. The van der Waals surface area contributed by atoms with Crippen molar-refractivity contribution in [3.8, 4) is 29.0 Å². The summed E-state index contributed by atoms with van der Waals surface area (Å²) in [5.41, 5.74) is 1.68. The maximum absolute atomic E-state index is 8.86. The second-order valence-electron chi connectivity index (χ2n) is 4.13. The standard InChI is InChI=1S/C14H14BrN3O2/c1-18-11(6-7-16)13(15)17-14(18)10-5-4-9(19-2)8-12(10)20-3/h4-5,8H,6H2,1-3H3. The predicted octanol–water partition coefficient (Wildman–Crippen LogP) is 2.93. The van der Waals surface area contributed by atoms with Gasteiger partial charge >= 0.3 is 0 Å². The monoisotopic (exact) mass is 335 g/mol. The lowest BCUT2D eigenvalue weighted by atomic mass is 10.1. The Morgan fingerprint density at radius 3 is 2.70 bits per heavy atom. The molecule has 0 saturated carbocycles. The lowest BCUT2D eigenvalue weighted by Crippen LogP contribution is -2.00. The van der Waals surface area contributed by atoms with Gasteiger partial charge in [0.25, 0.3) is 0 Å². The first-order valence-electron chi connectivity index (χ1n) is 5.92. The number of methoxy groups -OCH3 is 2. The topological polar surface area (TPSA) is 60.1 Å². The Bertz CT molecular complexity index is 674. The van der Waals surface area contributed by atoms with E-state index in [0.29, 0.717) is 16.8 Å². The van der Waals surface area contributed by atoms with Crippen LogP contribution in [0.2, 0.25) is 0 Å². The minimum atomic E-state index is 0.294. The van der Waals surface area contributed by atoms with Crippen molar-refractivity contribution in [1.29, 1.82) is 5.26 Å². The smallest absolute Gasteiger partial charge is 0.145 e. The Hall–Kier alpha value is -2.00. The Labute approximate surface area is 125 Å². The molecule has 0 saturated heterocycles. The van der Waals surface area contributed by atoms with E-state index in [2.05, 4.69) is 27.0 Å². The molecular formula is C14H14BrN3O2. The Balaban J connectivity index is 2.57. The highest BCUT2D eigenvalue weighted by Gasteiger charge is 2.17. The van der Waals surface area contributed by atoms with Gasteiger partial charge in [-0.3, -0.25) is 0 Å². The van der Waals surface area contributed by atoms with Crippen LogP contribution in [0.1, 0.15) is 5.69 Å². The van der Waals surface area contributed by atoms with E-state index in [1.807, 2.05) is 29.8 Å². The van der Waals surface area contributed by atoms with Gasteiger partial charge < -0.3 is 14.0 Å². The summed E-state index contributed by atoms with van der Waals surface area (Å²) in [7, 11) is 5.09. The number of ether oxygens (including phenoxy) is 2. The quantitative estimate of drug-likeness (QED) is 0.861. The van der Waals surface area contributed by atoms with Crippen LogP contribution in [0.4, 0.5) is 0 Å². The fourth-order valence-electron chi connectivity index (χ4n) is 1.99. The van der Waals surface area contributed by atoms with Crippen molar-refractivity contribution in [2.75, 3.05) is 14.2 Å². The van der Waals surface area contributed by atoms with Crippen LogP contribution in [-0.2, 0) is 13.5 Å². The van der Waals surface area contributed by atoms with Crippen molar-refractivity contribution in [1.82, 2.24) is 9.55 Å². The zero-order valence-electron chi connectivity index (χ0n) is 11.5. The molecule has 20 heavy (non-hydrogen) atoms. The third kappa shape index (κ3) is 2.49. The molecule has 2 rings (SSSR count). The van der Waals surface area contributed by atoms with Gasteiger partial charge in [-0.25, -0.2) is 4.98 Å². The number of hydrogen-bond acceptors (Lipinski definition) is 4. The van der Waals surface area contributed by atoms with Crippen LogP contribution in [0.25, 0.3) is 11.4 Å². The molecule has 0 amide bonds. The average Bonchev–Trinajstić information content (AvgIpc) is 2.75. The first-order chi connectivity index (χ1) is 9.62. The van der Waals surface area contributed by atoms with Crippen molar-refractivity contribution in [2.24, 2.45) is 7.05 Å². The highest BCUT2D eigenvalue weighted by atomic mass is 79.9. The summed E-state index contributed by atoms with van der Waals surface area (Å²) in [6, 6.07) is 7.69. The van der Waals surface area contributed by atoms with Gasteiger partial charge in [-0.2, -0.15) is 5.26 Å². The van der Waals surface area contributed by atoms with Crippen LogP contribution in [0.5, 0.6) is 11.5 Å². The summed E-state index contributed by atoms with van der Waals surface area (Å²) >= 11 is 3.39. The summed E-state index contributed by atoms with van der Waals surface area (Å²) in [5, 5.41) is 8.86. The summed E-state index contributed by atoms with van der Waals surface area (Å²) in [6.45, 7) is 0. The molecule has 1 aromatic carbocycles. The molecule has 0 N–H and O–H groups in total. The Kier molecular flexibility index (Phi) is 4.30. The number of aromatic nitrogens is 2. The van der Waals surface area contributed by atoms with Gasteiger partial charge in [0.2, 0.25) is 0 Å². The first kappa shape index (κ1) is 14.4. The van der Waals surface area contributed by atoms with Gasteiger partial charge in [0.1, 0.15) is 21.9 Å². The van der Waals surface area contributed by atoms with Crippen LogP contribution in [0.3, 0.4) is 0 Å². The summed E-state index contributed by atoms with van der Waals surface area (Å²) in [5.74, 6) is 2.13. The van der Waals surface area contributed by atoms with Crippen LogP contribution < -0.4 is 9.47 Å². The van der Waals surface area contributed by atoms with E-state index in [0.717, 1.165) is 22.8 Å². The van der Waals surface area contributed by atoms with Gasteiger partial charge in [0.05, 0.1) is 38.0 Å². The highest BCUT2D eigenvalue weighted by molar-refractivity contribution is 9.10. The van der Waals surface area contributed by atoms with E-state index >= 15 is 0 Å². The molecule has 0 fully saturated rings. The van der Waals surface area contributed by atoms with Gasteiger partial charge in [-0.1, -0.05) is 0 Å². The van der Waals surface area contributed by atoms with Crippen molar-refractivity contribution in [3.05, 3.63) is 28.5 Å². The number of rotatable bonds is 4. The van der Waals surface area contributed by atoms with Crippen LogP contribution >= 0.6 is 15.9 Å². The molecule has 0 unspecified atom stereocenters. The van der Waals surface area contributed by atoms with Crippen molar-refractivity contribution in [3.63, 3.8) is 0 Å². The lowest BCUT2D eigenvalue weighted by molar-refractivity contribution is 0.395. The van der Waals surface area contributed by atoms with Gasteiger partial charge in [-0.15, -0.1) is 0 Å². The number of nitrogens with zero attached hydrogens (tertiary/aromatic N) is 3. The third-order valence-corrected chi connectivity index (χ3v) is 3.70. The summed E-state index contributed by atoms with van der Waals surface area (Å²) in [4.78, 5) is 4.47. The molecule has 0 aliphatic carbocycles. The summed E-state index contributed by atoms with van der Waals surface area (Å²) in [6.07, 6.45) is 0.294. The maximum atomic E-state index is 8.86. The third-order valence-electron chi connectivity index (χ3n) is 3.06. The molecule has 0 aliphatic heterocycles. The molecular weight excluding hydrogens is 322 g/mol. The fourth-order valence-corrected chi connectivity index (χ4v) is 2.56. The average molecular weight is 336 g/mol. The van der Waals surface area contributed by atoms with E-state index in [-0.39, 0.29) is 0 Å². The van der Waals surface area contributed by atoms with Crippen LogP contribution in [0, 0.1) is 11.3 Å². The van der Waals surface area contributed by atoms with Crippen molar-refractivity contribution in [2.45, 2.75) is 6.42 Å². The maximum Gasteiger partial charge on any atom is 0.145 e. The molecule has 5 nitrogen and oxygen atoms in total. The van der Waals surface area contributed by atoms with Crippen LogP contribution in [-0.4, -0.2) is 23.8 Å². The number of halogens is 1. The van der Waals surface area contributed by atoms with E-state index < -0.39 is 0 Å². The van der Waals surface area contributed by atoms with Crippen molar-refractivity contribution >= 4 is 15.9 Å². The second-order valence-corrected chi connectivity index (χ2v) is 4.88. The number of imidazole rings is 1. The molecule has 0 bridgehead atoms. The predicted molar refractivity (Wildman–Crippen MR) is 78.8 cm³/mol. The molecule has 0 atom stereocenters. The zero-order chi connectivity index (χ0) is 14.7. The lowest BCUT2D eigenvalue weighted by Gasteiger charge is -2.10. The number of benzene rings is 1. The molecule has 0 spiro atoms. The SMILES string of the molecule is COc1ccc(-c2nc(Br)c(CC#N)n2C)c(OC)c1. The van der Waals surface area contributed by atoms with E-state index in [9.17, 15) is 0 Å². The van der Waals surface area contributed by atoms with E-state index in [4.69, 9.17) is 14.7 Å². The van der Waals surface area contributed by atoms with Crippen molar-refractivity contribution < 1.29 is 9.47 Å². The zero-order valence-corrected chi connectivity index (χ0v) is 13.1. The van der Waals surface area contributed by atoms with Gasteiger partial charge in [0, 0.05) is 13.1 Å².